The van der Waals surface area contributed by atoms with E-state index in [9.17, 15) is 14.0 Å². The van der Waals surface area contributed by atoms with Crippen LogP contribution in [-0.2, 0) is 22.4 Å². The molecular formula is C18H19FN2O2. The van der Waals surface area contributed by atoms with Gasteiger partial charge in [0.25, 0.3) is 0 Å². The first kappa shape index (κ1) is 16.7. The Morgan fingerprint density at radius 3 is 2.30 bits per heavy atom. The van der Waals surface area contributed by atoms with Crippen LogP contribution in [0.15, 0.2) is 48.5 Å². The van der Waals surface area contributed by atoms with Crippen molar-refractivity contribution < 1.29 is 14.0 Å². The maximum absolute atomic E-state index is 13.5. The number of hydrogen-bond acceptors (Lipinski definition) is 2. The molecule has 2 amide bonds. The second-order valence-corrected chi connectivity index (χ2v) is 5.10. The summed E-state index contributed by atoms with van der Waals surface area (Å²) in [4.78, 5) is 23.7. The van der Waals surface area contributed by atoms with Crippen molar-refractivity contribution in [2.24, 2.45) is 0 Å². The Labute approximate surface area is 134 Å². The fourth-order valence-corrected chi connectivity index (χ4v) is 2.20. The predicted octanol–water partition coefficient (Wildman–Crippen LogP) is 2.69. The number of amides is 2. The quantitative estimate of drug-likeness (QED) is 0.861. The van der Waals surface area contributed by atoms with Crippen LogP contribution in [0.25, 0.3) is 0 Å². The predicted molar refractivity (Wildman–Crippen MR) is 87.6 cm³/mol. The van der Waals surface area contributed by atoms with Crippen LogP contribution in [0, 0.1) is 5.82 Å². The molecule has 0 spiro atoms. The maximum atomic E-state index is 13.5. The van der Waals surface area contributed by atoms with E-state index in [4.69, 9.17) is 0 Å². The Morgan fingerprint density at radius 2 is 1.61 bits per heavy atom. The Balaban J connectivity index is 1.84. The van der Waals surface area contributed by atoms with Crippen LogP contribution < -0.4 is 10.6 Å². The summed E-state index contributed by atoms with van der Waals surface area (Å²) in [5.74, 6) is -1.13. The highest BCUT2D eigenvalue weighted by Gasteiger charge is 2.10. The molecule has 4 nitrogen and oxygen atoms in total. The van der Waals surface area contributed by atoms with E-state index in [1.165, 1.54) is 6.07 Å². The normalized spacial score (nSPS) is 10.2. The van der Waals surface area contributed by atoms with Gasteiger partial charge in [-0.05, 0) is 29.7 Å². The van der Waals surface area contributed by atoms with Gasteiger partial charge in [0.2, 0.25) is 11.8 Å². The van der Waals surface area contributed by atoms with Crippen LogP contribution in [-0.4, -0.2) is 18.4 Å². The van der Waals surface area contributed by atoms with Crippen LogP contribution in [0.4, 0.5) is 10.1 Å². The molecule has 0 fully saturated rings. The van der Waals surface area contributed by atoms with Crippen molar-refractivity contribution >= 4 is 17.5 Å². The zero-order valence-electron chi connectivity index (χ0n) is 12.9. The molecule has 2 aromatic carbocycles. The summed E-state index contributed by atoms with van der Waals surface area (Å²) < 4.78 is 13.5. The van der Waals surface area contributed by atoms with Gasteiger partial charge in [0.15, 0.2) is 0 Å². The number of anilines is 1. The van der Waals surface area contributed by atoms with E-state index in [1.807, 2.05) is 31.2 Å². The van der Waals surface area contributed by atoms with Gasteiger partial charge in [0.05, 0.1) is 13.0 Å². The fraction of sp³-hybridized carbons (Fsp3) is 0.222. The summed E-state index contributed by atoms with van der Waals surface area (Å²) >= 11 is 0. The summed E-state index contributed by atoms with van der Waals surface area (Å²) in [5.41, 5.74) is 2.07. The molecule has 2 N–H and O–H groups in total. The lowest BCUT2D eigenvalue weighted by Gasteiger charge is -2.10. The minimum Gasteiger partial charge on any atom is -0.347 e. The van der Waals surface area contributed by atoms with E-state index in [0.717, 1.165) is 17.7 Å². The van der Waals surface area contributed by atoms with E-state index >= 15 is 0 Å². The molecule has 0 aliphatic rings. The smallest absolute Gasteiger partial charge is 0.243 e. The van der Waals surface area contributed by atoms with E-state index < -0.39 is 11.7 Å². The molecule has 0 aromatic heterocycles. The lowest BCUT2D eigenvalue weighted by Crippen LogP contribution is -2.34. The summed E-state index contributed by atoms with van der Waals surface area (Å²) in [6.45, 7) is 1.85. The third-order valence-corrected chi connectivity index (χ3v) is 3.43. The number of para-hydroxylation sites is 1. The van der Waals surface area contributed by atoms with Gasteiger partial charge >= 0.3 is 0 Å². The molecule has 0 saturated heterocycles. The minimum atomic E-state index is -0.427. The number of aryl methyl sites for hydroxylation is 1. The molecule has 0 bridgehead atoms. The van der Waals surface area contributed by atoms with Gasteiger partial charge in [-0.25, -0.2) is 4.39 Å². The molecule has 2 rings (SSSR count). The lowest BCUT2D eigenvalue weighted by molar-refractivity contribution is -0.123. The monoisotopic (exact) mass is 314 g/mol. The van der Waals surface area contributed by atoms with E-state index in [2.05, 4.69) is 10.6 Å². The molecule has 23 heavy (non-hydrogen) atoms. The van der Waals surface area contributed by atoms with Crippen LogP contribution in [0.1, 0.15) is 18.1 Å². The summed E-state index contributed by atoms with van der Waals surface area (Å²) in [5, 5.41) is 5.26. The average Bonchev–Trinajstić information content (AvgIpc) is 2.55. The Hall–Kier alpha value is -2.69. The molecule has 0 atom stereocenters. The van der Waals surface area contributed by atoms with Crippen LogP contribution in [0.5, 0.6) is 0 Å². The number of rotatable bonds is 6. The summed E-state index contributed by atoms with van der Waals surface area (Å²) in [6.07, 6.45) is 0.710. The number of nitrogens with one attached hydrogen (secondary N) is 2. The molecule has 0 saturated carbocycles. The highest BCUT2D eigenvalue weighted by Crippen LogP contribution is 2.15. The van der Waals surface area contributed by atoms with Gasteiger partial charge in [0.1, 0.15) is 5.82 Å². The number of benzene rings is 2. The van der Waals surface area contributed by atoms with Crippen molar-refractivity contribution in [3.8, 4) is 0 Å². The van der Waals surface area contributed by atoms with Crippen molar-refractivity contribution in [1.29, 1.82) is 0 Å². The number of carbonyl (C=O) groups excluding carboxylic acids is 2. The van der Waals surface area contributed by atoms with Gasteiger partial charge < -0.3 is 10.6 Å². The van der Waals surface area contributed by atoms with Crippen molar-refractivity contribution in [2.75, 3.05) is 11.9 Å². The second-order valence-electron chi connectivity index (χ2n) is 5.10. The zero-order valence-corrected chi connectivity index (χ0v) is 12.9. The summed E-state index contributed by atoms with van der Waals surface area (Å²) in [6, 6.07) is 13.6. The number of carbonyl (C=O) groups is 2. The maximum Gasteiger partial charge on any atom is 0.243 e. The minimum absolute atomic E-state index is 0.0918. The molecule has 0 unspecified atom stereocenters. The highest BCUT2D eigenvalue weighted by atomic mass is 19.1. The van der Waals surface area contributed by atoms with Crippen molar-refractivity contribution in [3.05, 3.63) is 65.5 Å². The first-order valence-electron chi connectivity index (χ1n) is 7.48. The summed E-state index contributed by atoms with van der Waals surface area (Å²) in [7, 11) is 0. The van der Waals surface area contributed by atoms with Crippen LogP contribution in [0.2, 0.25) is 0 Å². The van der Waals surface area contributed by atoms with Gasteiger partial charge in [-0.1, -0.05) is 43.3 Å². The Bertz CT molecular complexity index is 701. The van der Waals surface area contributed by atoms with Crippen molar-refractivity contribution in [2.45, 2.75) is 19.8 Å². The zero-order chi connectivity index (χ0) is 16.7. The molecular weight excluding hydrogens is 295 g/mol. The molecule has 2 aromatic rings. The Kier molecular flexibility index (Phi) is 5.86. The largest absolute Gasteiger partial charge is 0.347 e. The van der Waals surface area contributed by atoms with Gasteiger partial charge in [-0.2, -0.15) is 0 Å². The third-order valence-electron chi connectivity index (χ3n) is 3.43. The van der Waals surface area contributed by atoms with Gasteiger partial charge in [-0.3, -0.25) is 9.59 Å². The molecule has 120 valence electrons. The Morgan fingerprint density at radius 1 is 0.957 bits per heavy atom. The highest BCUT2D eigenvalue weighted by molar-refractivity contribution is 5.95. The standard InChI is InChI=1S/C18H19FN2O2/c1-2-13-7-4-6-10-16(13)21-18(23)12-20-17(22)11-14-8-3-5-9-15(14)19/h3-10H,2,11-12H2,1H3,(H,20,22)(H,21,23). The van der Waals surface area contributed by atoms with Crippen LogP contribution >= 0.6 is 0 Å². The topological polar surface area (TPSA) is 58.2 Å². The first-order chi connectivity index (χ1) is 11.1. The molecule has 5 heteroatoms. The molecule has 0 aliphatic carbocycles. The molecule has 0 radical (unpaired) electrons. The van der Waals surface area contributed by atoms with E-state index in [1.54, 1.807) is 18.2 Å². The second kappa shape index (κ2) is 8.08. The van der Waals surface area contributed by atoms with E-state index in [0.29, 0.717) is 5.56 Å². The first-order valence-corrected chi connectivity index (χ1v) is 7.48. The van der Waals surface area contributed by atoms with Crippen molar-refractivity contribution in [1.82, 2.24) is 5.32 Å². The van der Waals surface area contributed by atoms with Crippen LogP contribution in [0.3, 0.4) is 0 Å². The molecule has 0 aliphatic heterocycles. The van der Waals surface area contributed by atoms with E-state index in [-0.39, 0.29) is 18.9 Å². The van der Waals surface area contributed by atoms with Gasteiger partial charge in [0, 0.05) is 5.69 Å². The lowest BCUT2D eigenvalue weighted by atomic mass is 10.1. The molecule has 0 heterocycles. The third kappa shape index (κ3) is 4.92. The number of halogens is 1. The average molecular weight is 314 g/mol. The fourth-order valence-electron chi connectivity index (χ4n) is 2.20. The SMILES string of the molecule is CCc1ccccc1NC(=O)CNC(=O)Cc1ccccc1F. The number of hydrogen-bond donors (Lipinski definition) is 2. The van der Waals surface area contributed by atoms with Crippen molar-refractivity contribution in [3.63, 3.8) is 0 Å². The van der Waals surface area contributed by atoms with Gasteiger partial charge in [-0.15, -0.1) is 0 Å².